The number of amides is 1. The molecular formula is C21H23ClN2O4. The molecule has 0 aliphatic carbocycles. The average molecular weight is 403 g/mol. The van der Waals surface area contributed by atoms with E-state index >= 15 is 0 Å². The summed E-state index contributed by atoms with van der Waals surface area (Å²) >= 11 is 6.00. The van der Waals surface area contributed by atoms with Crippen LogP contribution >= 0.6 is 11.6 Å². The van der Waals surface area contributed by atoms with E-state index in [1.54, 1.807) is 4.90 Å². The highest BCUT2D eigenvalue weighted by Gasteiger charge is 2.22. The standard InChI is InChI=1S/C21H23ClN2O4/c22-18-7-5-16(6-8-18)19-4-2-1-3-17(19)13-23-9-11-24(12-10-23)20(25)14-28-15-21(26)27/h1-8H,9-15H2,(H,26,27). The smallest absolute Gasteiger partial charge is 0.329 e. The number of rotatable bonds is 7. The van der Waals surface area contributed by atoms with E-state index in [0.717, 1.165) is 25.2 Å². The van der Waals surface area contributed by atoms with Crippen LogP contribution in [0.25, 0.3) is 11.1 Å². The number of ether oxygens (including phenoxy) is 1. The van der Waals surface area contributed by atoms with Crippen molar-refractivity contribution in [2.24, 2.45) is 0 Å². The van der Waals surface area contributed by atoms with E-state index in [9.17, 15) is 9.59 Å². The normalized spacial score (nSPS) is 14.8. The van der Waals surface area contributed by atoms with Crippen molar-refractivity contribution in [3.63, 3.8) is 0 Å². The summed E-state index contributed by atoms with van der Waals surface area (Å²) in [4.78, 5) is 26.6. The van der Waals surface area contributed by atoms with Gasteiger partial charge in [0.25, 0.3) is 0 Å². The summed E-state index contributed by atoms with van der Waals surface area (Å²) in [5.74, 6) is -1.24. The van der Waals surface area contributed by atoms with Gasteiger partial charge in [0.1, 0.15) is 13.2 Å². The van der Waals surface area contributed by atoms with Crippen molar-refractivity contribution in [3.8, 4) is 11.1 Å². The zero-order valence-corrected chi connectivity index (χ0v) is 16.3. The van der Waals surface area contributed by atoms with Gasteiger partial charge in [-0.3, -0.25) is 9.69 Å². The molecule has 1 saturated heterocycles. The van der Waals surface area contributed by atoms with Gasteiger partial charge in [0, 0.05) is 37.7 Å². The number of hydrogen-bond donors (Lipinski definition) is 1. The van der Waals surface area contributed by atoms with Crippen molar-refractivity contribution in [2.75, 3.05) is 39.4 Å². The zero-order chi connectivity index (χ0) is 19.9. The minimum Gasteiger partial charge on any atom is -0.480 e. The number of carbonyl (C=O) groups is 2. The summed E-state index contributed by atoms with van der Waals surface area (Å²) in [6.45, 7) is 2.91. The average Bonchev–Trinajstić information content (AvgIpc) is 2.69. The fourth-order valence-corrected chi connectivity index (χ4v) is 3.41. The second kappa shape index (κ2) is 9.68. The van der Waals surface area contributed by atoms with Crippen LogP contribution in [0.5, 0.6) is 0 Å². The number of halogens is 1. The van der Waals surface area contributed by atoms with Gasteiger partial charge >= 0.3 is 5.97 Å². The molecule has 1 aliphatic rings. The van der Waals surface area contributed by atoms with Gasteiger partial charge in [-0.2, -0.15) is 0 Å². The predicted octanol–water partition coefficient (Wildman–Crippen LogP) is 2.75. The third-order valence-electron chi connectivity index (χ3n) is 4.74. The Hall–Kier alpha value is -2.41. The predicted molar refractivity (Wildman–Crippen MR) is 107 cm³/mol. The Labute approximate surface area is 169 Å². The van der Waals surface area contributed by atoms with Crippen molar-refractivity contribution < 1.29 is 19.4 Å². The molecule has 1 heterocycles. The monoisotopic (exact) mass is 402 g/mol. The first-order chi connectivity index (χ1) is 13.5. The van der Waals surface area contributed by atoms with Gasteiger partial charge in [-0.1, -0.05) is 48.0 Å². The van der Waals surface area contributed by atoms with Crippen LogP contribution in [-0.2, 0) is 20.9 Å². The van der Waals surface area contributed by atoms with Crippen LogP contribution in [0.3, 0.4) is 0 Å². The van der Waals surface area contributed by atoms with Gasteiger partial charge in [-0.15, -0.1) is 0 Å². The number of carboxylic acids is 1. The van der Waals surface area contributed by atoms with Gasteiger partial charge < -0.3 is 14.7 Å². The molecule has 7 heteroatoms. The molecule has 0 unspecified atom stereocenters. The lowest BCUT2D eigenvalue weighted by atomic mass is 9.99. The molecule has 148 valence electrons. The Morgan fingerprint density at radius 1 is 0.964 bits per heavy atom. The number of benzene rings is 2. The lowest BCUT2D eigenvalue weighted by Gasteiger charge is -2.35. The van der Waals surface area contributed by atoms with Crippen molar-refractivity contribution in [2.45, 2.75) is 6.54 Å². The van der Waals surface area contributed by atoms with E-state index < -0.39 is 12.6 Å². The summed E-state index contributed by atoms with van der Waals surface area (Å²) in [7, 11) is 0. The fraction of sp³-hybridized carbons (Fsp3) is 0.333. The van der Waals surface area contributed by atoms with E-state index in [-0.39, 0.29) is 12.5 Å². The highest BCUT2D eigenvalue weighted by atomic mass is 35.5. The van der Waals surface area contributed by atoms with Crippen molar-refractivity contribution in [1.82, 2.24) is 9.80 Å². The molecule has 1 N–H and O–H groups in total. The van der Waals surface area contributed by atoms with Crippen LogP contribution in [0.1, 0.15) is 5.56 Å². The maximum Gasteiger partial charge on any atom is 0.329 e. The quantitative estimate of drug-likeness (QED) is 0.771. The molecule has 0 saturated carbocycles. The molecule has 2 aromatic carbocycles. The maximum atomic E-state index is 12.1. The zero-order valence-electron chi connectivity index (χ0n) is 15.5. The number of hydrogen-bond acceptors (Lipinski definition) is 4. The van der Waals surface area contributed by atoms with E-state index in [1.807, 2.05) is 36.4 Å². The van der Waals surface area contributed by atoms with E-state index in [4.69, 9.17) is 21.4 Å². The second-order valence-electron chi connectivity index (χ2n) is 6.71. The molecule has 1 amide bonds. The minimum absolute atomic E-state index is 0.164. The number of aliphatic carboxylic acids is 1. The number of piperazine rings is 1. The highest BCUT2D eigenvalue weighted by Crippen LogP contribution is 2.26. The molecule has 0 radical (unpaired) electrons. The Morgan fingerprint density at radius 3 is 2.32 bits per heavy atom. The summed E-state index contributed by atoms with van der Waals surface area (Å²) in [6.07, 6.45) is 0. The first kappa shape index (κ1) is 20.3. The van der Waals surface area contributed by atoms with Crippen molar-refractivity contribution in [3.05, 3.63) is 59.1 Å². The molecule has 6 nitrogen and oxygen atoms in total. The maximum absolute atomic E-state index is 12.1. The van der Waals surface area contributed by atoms with Gasteiger partial charge in [-0.25, -0.2) is 4.79 Å². The Morgan fingerprint density at radius 2 is 1.64 bits per heavy atom. The Kier molecular flexibility index (Phi) is 7.03. The third-order valence-corrected chi connectivity index (χ3v) is 4.99. The topological polar surface area (TPSA) is 70.1 Å². The summed E-state index contributed by atoms with van der Waals surface area (Å²) in [5.41, 5.74) is 3.54. The molecule has 2 aromatic rings. The van der Waals surface area contributed by atoms with Gasteiger partial charge in [0.15, 0.2) is 0 Å². The first-order valence-corrected chi connectivity index (χ1v) is 9.54. The summed E-state index contributed by atoms with van der Waals surface area (Å²) < 4.78 is 4.89. The summed E-state index contributed by atoms with van der Waals surface area (Å²) in [5, 5.41) is 9.28. The highest BCUT2D eigenvalue weighted by molar-refractivity contribution is 6.30. The molecule has 1 aliphatic heterocycles. The first-order valence-electron chi connectivity index (χ1n) is 9.16. The van der Waals surface area contributed by atoms with Gasteiger partial charge in [0.05, 0.1) is 0 Å². The fourth-order valence-electron chi connectivity index (χ4n) is 3.28. The molecule has 0 spiro atoms. The van der Waals surface area contributed by atoms with E-state index in [2.05, 4.69) is 17.0 Å². The molecule has 0 aromatic heterocycles. The van der Waals surface area contributed by atoms with E-state index in [1.165, 1.54) is 11.1 Å². The largest absolute Gasteiger partial charge is 0.480 e. The van der Waals surface area contributed by atoms with Gasteiger partial charge in [-0.05, 0) is 28.8 Å². The number of carboxylic acid groups (broad SMARTS) is 1. The third kappa shape index (κ3) is 5.55. The molecule has 3 rings (SSSR count). The molecular weight excluding hydrogens is 380 g/mol. The minimum atomic E-state index is -1.07. The van der Waals surface area contributed by atoms with Crippen LogP contribution < -0.4 is 0 Å². The molecule has 28 heavy (non-hydrogen) atoms. The van der Waals surface area contributed by atoms with Gasteiger partial charge in [0.2, 0.25) is 5.91 Å². The van der Waals surface area contributed by atoms with E-state index in [0.29, 0.717) is 18.1 Å². The SMILES string of the molecule is O=C(O)COCC(=O)N1CCN(Cc2ccccc2-c2ccc(Cl)cc2)CC1. The Bertz CT molecular complexity index is 817. The van der Waals surface area contributed by atoms with Crippen molar-refractivity contribution >= 4 is 23.5 Å². The Balaban J connectivity index is 1.56. The lowest BCUT2D eigenvalue weighted by molar-refractivity contribution is -0.146. The summed E-state index contributed by atoms with van der Waals surface area (Å²) in [6, 6.07) is 16.1. The van der Waals surface area contributed by atoms with Crippen LogP contribution in [-0.4, -0.2) is 66.2 Å². The molecule has 1 fully saturated rings. The van der Waals surface area contributed by atoms with Crippen molar-refractivity contribution in [1.29, 1.82) is 0 Å². The number of nitrogens with zero attached hydrogens (tertiary/aromatic N) is 2. The van der Waals surface area contributed by atoms with Crippen LogP contribution in [0.15, 0.2) is 48.5 Å². The molecule has 0 atom stereocenters. The second-order valence-corrected chi connectivity index (χ2v) is 7.14. The molecule has 0 bridgehead atoms. The lowest BCUT2D eigenvalue weighted by Crippen LogP contribution is -2.49. The number of carbonyl (C=O) groups excluding carboxylic acids is 1. The van der Waals surface area contributed by atoms with Crippen LogP contribution in [0.4, 0.5) is 0 Å². The van der Waals surface area contributed by atoms with Crippen LogP contribution in [0, 0.1) is 0 Å². The van der Waals surface area contributed by atoms with Crippen LogP contribution in [0.2, 0.25) is 5.02 Å².